The van der Waals surface area contributed by atoms with Crippen molar-refractivity contribution in [3.8, 4) is 17.6 Å². The van der Waals surface area contributed by atoms with E-state index in [4.69, 9.17) is 21.1 Å². The number of nitrogens with zero attached hydrogens (tertiary/aromatic N) is 1. The average molecular weight is 450 g/mol. The van der Waals surface area contributed by atoms with E-state index in [1.807, 2.05) is 24.3 Å². The zero-order chi connectivity index (χ0) is 22.8. The molecule has 0 spiro atoms. The van der Waals surface area contributed by atoms with Crippen molar-refractivity contribution in [2.24, 2.45) is 17.3 Å². The minimum Gasteiger partial charge on any atom is -0.457 e. The molecule has 0 saturated heterocycles. The third kappa shape index (κ3) is 5.20. The molecule has 1 saturated carbocycles. The van der Waals surface area contributed by atoms with Crippen molar-refractivity contribution in [3.05, 3.63) is 71.3 Å². The normalized spacial score (nSPS) is 21.0. The van der Waals surface area contributed by atoms with Crippen LogP contribution < -0.4 is 4.74 Å². The van der Waals surface area contributed by atoms with Gasteiger partial charge in [0.1, 0.15) is 22.6 Å². The Labute approximate surface area is 182 Å². The number of carbonyl (C=O) groups excluding carboxylic acids is 1. The first-order chi connectivity index (χ1) is 14.5. The molecular formula is C23H19ClF3NO3. The Hall–Kier alpha value is -2.98. The molecule has 0 unspecified atom stereocenters. The van der Waals surface area contributed by atoms with E-state index < -0.39 is 40.5 Å². The SMILES string of the molecule is CC1(C)[C@H](C(=O)O[C@H](C#N)c2cccc(Oc3ccccc3)c2)[C@@H]1/C=C(/Cl)C(F)(F)F. The van der Waals surface area contributed by atoms with Crippen molar-refractivity contribution in [1.29, 1.82) is 5.26 Å². The summed E-state index contributed by atoms with van der Waals surface area (Å²) in [6.45, 7) is 3.30. The van der Waals surface area contributed by atoms with Gasteiger partial charge in [0.05, 0.1) is 5.92 Å². The van der Waals surface area contributed by atoms with Gasteiger partial charge in [-0.05, 0) is 35.6 Å². The Morgan fingerprint density at radius 1 is 1.16 bits per heavy atom. The van der Waals surface area contributed by atoms with E-state index in [0.29, 0.717) is 17.1 Å². The van der Waals surface area contributed by atoms with Gasteiger partial charge in [-0.25, -0.2) is 0 Å². The molecule has 0 amide bonds. The fraction of sp³-hybridized carbons (Fsp3) is 0.304. The van der Waals surface area contributed by atoms with Crippen LogP contribution >= 0.6 is 11.6 Å². The lowest BCUT2D eigenvalue weighted by Crippen LogP contribution is -2.14. The summed E-state index contributed by atoms with van der Waals surface area (Å²) in [4.78, 5) is 12.6. The van der Waals surface area contributed by atoms with Crippen LogP contribution in [-0.4, -0.2) is 12.1 Å². The predicted molar refractivity (Wildman–Crippen MR) is 108 cm³/mol. The number of alkyl halides is 3. The minimum absolute atomic E-state index is 0.392. The third-order valence-electron chi connectivity index (χ3n) is 5.25. The number of carbonyl (C=O) groups is 1. The molecule has 0 N–H and O–H groups in total. The quantitative estimate of drug-likeness (QED) is 0.469. The van der Waals surface area contributed by atoms with Gasteiger partial charge < -0.3 is 9.47 Å². The Balaban J connectivity index is 1.72. The number of allylic oxidation sites excluding steroid dienone is 2. The summed E-state index contributed by atoms with van der Waals surface area (Å²) in [5, 5.41) is 8.23. The van der Waals surface area contributed by atoms with E-state index >= 15 is 0 Å². The smallest absolute Gasteiger partial charge is 0.426 e. The van der Waals surface area contributed by atoms with Crippen molar-refractivity contribution >= 4 is 17.6 Å². The maximum atomic E-state index is 12.7. The van der Waals surface area contributed by atoms with Crippen LogP contribution in [0.3, 0.4) is 0 Å². The lowest BCUT2D eigenvalue weighted by molar-refractivity contribution is -0.149. The lowest BCUT2D eigenvalue weighted by Gasteiger charge is -2.13. The molecule has 0 heterocycles. The predicted octanol–water partition coefficient (Wildman–Crippen LogP) is 6.54. The van der Waals surface area contributed by atoms with Gasteiger partial charge in [-0.1, -0.05) is 61.9 Å². The van der Waals surface area contributed by atoms with Crippen molar-refractivity contribution < 1.29 is 27.4 Å². The molecule has 4 nitrogen and oxygen atoms in total. The molecule has 0 aliphatic heterocycles. The van der Waals surface area contributed by atoms with E-state index in [2.05, 4.69) is 0 Å². The first kappa shape index (κ1) is 22.7. The topological polar surface area (TPSA) is 59.3 Å². The van der Waals surface area contributed by atoms with E-state index in [-0.39, 0.29) is 0 Å². The third-order valence-corrected chi connectivity index (χ3v) is 5.59. The van der Waals surface area contributed by atoms with Crippen molar-refractivity contribution in [1.82, 2.24) is 0 Å². The minimum atomic E-state index is -4.68. The summed E-state index contributed by atoms with van der Waals surface area (Å²) in [7, 11) is 0. The van der Waals surface area contributed by atoms with Crippen molar-refractivity contribution in [2.45, 2.75) is 26.1 Å². The standard InChI is InChI=1S/C23H19ClF3NO3/c1-22(2)17(12-19(24)23(25,26)27)20(22)21(29)31-18(13-28)14-7-6-10-16(11-14)30-15-8-4-3-5-9-15/h3-12,17-18,20H,1-2H3/b19-12+/t17-,18+,20-/m0/s1. The van der Waals surface area contributed by atoms with Crippen LogP contribution in [0.2, 0.25) is 0 Å². The largest absolute Gasteiger partial charge is 0.457 e. The van der Waals surface area contributed by atoms with E-state index in [0.717, 1.165) is 6.08 Å². The summed E-state index contributed by atoms with van der Waals surface area (Å²) in [6, 6.07) is 17.4. The number of hydrogen-bond donors (Lipinski definition) is 0. The lowest BCUT2D eigenvalue weighted by atomic mass is 10.1. The Morgan fingerprint density at radius 2 is 1.81 bits per heavy atom. The maximum absolute atomic E-state index is 12.7. The fourth-order valence-corrected chi connectivity index (χ4v) is 3.55. The fourth-order valence-electron chi connectivity index (χ4n) is 3.42. The number of ether oxygens (including phenoxy) is 2. The molecule has 31 heavy (non-hydrogen) atoms. The van der Waals surface area contributed by atoms with Crippen LogP contribution in [0.25, 0.3) is 0 Å². The van der Waals surface area contributed by atoms with Crippen LogP contribution in [0, 0.1) is 28.6 Å². The number of esters is 1. The highest BCUT2D eigenvalue weighted by Crippen LogP contribution is 2.60. The highest BCUT2D eigenvalue weighted by molar-refractivity contribution is 6.30. The number of hydrogen-bond acceptors (Lipinski definition) is 4. The van der Waals surface area contributed by atoms with Gasteiger partial charge in [0, 0.05) is 5.56 Å². The summed E-state index contributed by atoms with van der Waals surface area (Å²) in [6.07, 6.45) is -5.07. The molecule has 8 heteroatoms. The molecule has 2 aromatic carbocycles. The van der Waals surface area contributed by atoms with Crippen molar-refractivity contribution in [2.75, 3.05) is 0 Å². The second-order valence-electron chi connectivity index (χ2n) is 7.77. The maximum Gasteiger partial charge on any atom is 0.426 e. The zero-order valence-electron chi connectivity index (χ0n) is 16.7. The van der Waals surface area contributed by atoms with Crippen LogP contribution in [0.1, 0.15) is 25.5 Å². The van der Waals surface area contributed by atoms with Gasteiger partial charge in [0.2, 0.25) is 6.10 Å². The number of para-hydroxylation sites is 1. The van der Waals surface area contributed by atoms with Gasteiger partial charge in [-0.15, -0.1) is 0 Å². The van der Waals surface area contributed by atoms with Crippen LogP contribution in [0.4, 0.5) is 13.2 Å². The Morgan fingerprint density at radius 3 is 2.42 bits per heavy atom. The molecule has 1 fully saturated rings. The molecule has 3 atom stereocenters. The second kappa shape index (κ2) is 8.64. The van der Waals surface area contributed by atoms with Crippen LogP contribution in [0.15, 0.2) is 65.7 Å². The molecule has 0 bridgehead atoms. The van der Waals surface area contributed by atoms with E-state index in [1.54, 1.807) is 50.2 Å². The molecule has 3 rings (SSSR count). The van der Waals surface area contributed by atoms with Gasteiger partial charge in [0.25, 0.3) is 0 Å². The molecule has 162 valence electrons. The van der Waals surface area contributed by atoms with Gasteiger partial charge in [0.15, 0.2) is 0 Å². The molecule has 0 radical (unpaired) electrons. The Bertz CT molecular complexity index is 1030. The molecule has 1 aliphatic carbocycles. The van der Waals surface area contributed by atoms with Crippen LogP contribution in [0.5, 0.6) is 11.5 Å². The summed E-state index contributed by atoms with van der Waals surface area (Å²) in [5.41, 5.74) is -0.371. The Kier molecular flexibility index (Phi) is 6.33. The highest BCUT2D eigenvalue weighted by atomic mass is 35.5. The van der Waals surface area contributed by atoms with Gasteiger partial charge in [-0.2, -0.15) is 18.4 Å². The number of rotatable bonds is 6. The first-order valence-electron chi connectivity index (χ1n) is 9.41. The van der Waals surface area contributed by atoms with Gasteiger partial charge in [-0.3, -0.25) is 4.79 Å². The van der Waals surface area contributed by atoms with E-state index in [9.17, 15) is 23.2 Å². The molecule has 1 aliphatic rings. The monoisotopic (exact) mass is 449 g/mol. The molecular weight excluding hydrogens is 431 g/mol. The number of benzene rings is 2. The van der Waals surface area contributed by atoms with E-state index in [1.165, 1.54) is 0 Å². The number of nitriles is 1. The highest BCUT2D eigenvalue weighted by Gasteiger charge is 2.62. The summed E-state index contributed by atoms with van der Waals surface area (Å²) >= 11 is 5.32. The van der Waals surface area contributed by atoms with Crippen molar-refractivity contribution in [3.63, 3.8) is 0 Å². The molecule has 0 aromatic heterocycles. The summed E-state index contributed by atoms with van der Waals surface area (Å²) < 4.78 is 49.2. The first-order valence-corrected chi connectivity index (χ1v) is 9.79. The molecule has 2 aromatic rings. The van der Waals surface area contributed by atoms with Gasteiger partial charge >= 0.3 is 12.1 Å². The zero-order valence-corrected chi connectivity index (χ0v) is 17.4. The number of halogens is 4. The van der Waals surface area contributed by atoms with Crippen LogP contribution in [-0.2, 0) is 9.53 Å². The summed E-state index contributed by atoms with van der Waals surface area (Å²) in [5.74, 6) is -1.27. The average Bonchev–Trinajstić information content (AvgIpc) is 3.26. The second-order valence-corrected chi connectivity index (χ2v) is 8.18.